The van der Waals surface area contributed by atoms with Gasteiger partial charge < -0.3 is 19.5 Å². The van der Waals surface area contributed by atoms with Gasteiger partial charge in [-0.05, 0) is 60.1 Å². The van der Waals surface area contributed by atoms with Gasteiger partial charge in [0.15, 0.2) is 8.32 Å². The van der Waals surface area contributed by atoms with E-state index in [4.69, 9.17) is 14.9 Å². The maximum absolute atomic E-state index is 11.6. The predicted molar refractivity (Wildman–Crippen MR) is 139 cm³/mol. The molecule has 0 spiro atoms. The average molecular weight is 533 g/mol. The van der Waals surface area contributed by atoms with Crippen molar-refractivity contribution in [1.29, 1.82) is 0 Å². The van der Waals surface area contributed by atoms with E-state index in [-0.39, 0.29) is 22.9 Å². The largest absolute Gasteiger partial charge is 0.493 e. The third-order valence-corrected chi connectivity index (χ3v) is 11.6. The molecule has 0 unspecified atom stereocenters. The molecular weight excluding hydrogens is 498 g/mol. The Balaban J connectivity index is 1.76. The minimum absolute atomic E-state index is 0.0469. The molecule has 2 atom stereocenters. The van der Waals surface area contributed by atoms with E-state index in [0.29, 0.717) is 13.0 Å². The van der Waals surface area contributed by atoms with E-state index in [1.807, 2.05) is 22.8 Å². The van der Waals surface area contributed by atoms with Crippen LogP contribution in [0, 0.1) is 0 Å². The summed E-state index contributed by atoms with van der Waals surface area (Å²) in [5.41, 5.74) is 5.68. The molecule has 0 saturated heterocycles. The third-order valence-electron chi connectivity index (χ3n) is 6.52. The van der Waals surface area contributed by atoms with Crippen LogP contribution in [0.4, 0.5) is 0 Å². The van der Waals surface area contributed by atoms with E-state index in [1.54, 1.807) is 12.5 Å². The molecule has 2 N–H and O–H groups in total. The second-order valence-electron chi connectivity index (χ2n) is 10.0. The van der Waals surface area contributed by atoms with E-state index in [0.717, 1.165) is 21.0 Å². The molecule has 1 heterocycles. The molecule has 3 aromatic rings. The molecule has 1 amide bonds. The Bertz CT molecular complexity index is 1120. The molecule has 0 saturated carbocycles. The molecule has 33 heavy (non-hydrogen) atoms. The first kappa shape index (κ1) is 25.5. The second kappa shape index (κ2) is 9.99. The highest BCUT2D eigenvalue weighted by atomic mass is 79.9. The Kier molecular flexibility index (Phi) is 7.71. The number of imidazole rings is 1. The van der Waals surface area contributed by atoms with Crippen LogP contribution in [0.2, 0.25) is 18.1 Å². The molecular formula is C25H34BrN3O3Si. The zero-order chi connectivity index (χ0) is 24.4. The fraction of sp³-hybridized carbons (Fsp3) is 0.440. The Labute approximate surface area is 205 Å². The number of carbonyl (C=O) groups excluding carboxylic acids is 1. The number of primary amides is 1. The zero-order valence-corrected chi connectivity index (χ0v) is 22.8. The van der Waals surface area contributed by atoms with Crippen LogP contribution < -0.4 is 10.5 Å². The Morgan fingerprint density at radius 3 is 2.52 bits per heavy atom. The summed E-state index contributed by atoms with van der Waals surface area (Å²) in [5, 5.41) is 2.38. The number of ether oxygens (including phenoxy) is 1. The summed E-state index contributed by atoms with van der Waals surface area (Å²) in [5.74, 6) is 0.282. The lowest BCUT2D eigenvalue weighted by Gasteiger charge is -2.40. The first-order valence-corrected chi connectivity index (χ1v) is 14.9. The predicted octanol–water partition coefficient (Wildman–Crippen LogP) is 6.32. The van der Waals surface area contributed by atoms with Gasteiger partial charge >= 0.3 is 0 Å². The summed E-state index contributed by atoms with van der Waals surface area (Å²) in [7, 11) is -1.99. The summed E-state index contributed by atoms with van der Waals surface area (Å²) in [6.45, 7) is 13.8. The highest BCUT2D eigenvalue weighted by molar-refractivity contribution is 9.10. The monoisotopic (exact) mass is 531 g/mol. The first-order valence-electron chi connectivity index (χ1n) is 11.2. The van der Waals surface area contributed by atoms with E-state index in [9.17, 15) is 4.79 Å². The normalized spacial score (nSPS) is 14.3. The van der Waals surface area contributed by atoms with Crippen LogP contribution in [-0.4, -0.2) is 36.5 Å². The quantitative estimate of drug-likeness (QED) is 0.327. The van der Waals surface area contributed by atoms with Gasteiger partial charge in [0.05, 0.1) is 25.1 Å². The van der Waals surface area contributed by atoms with Gasteiger partial charge in [-0.3, -0.25) is 4.79 Å². The maximum Gasteiger partial charge on any atom is 0.268 e. The van der Waals surface area contributed by atoms with Crippen LogP contribution in [0.1, 0.15) is 50.6 Å². The number of hydrogen-bond donors (Lipinski definition) is 1. The number of carbonyl (C=O) groups is 1. The van der Waals surface area contributed by atoms with Gasteiger partial charge in [-0.25, -0.2) is 4.98 Å². The molecule has 1 aromatic heterocycles. The lowest BCUT2D eigenvalue weighted by Crippen LogP contribution is -2.45. The number of benzene rings is 2. The number of hydrogen-bond acceptors (Lipinski definition) is 4. The minimum Gasteiger partial charge on any atom is -0.493 e. The maximum atomic E-state index is 11.6. The van der Waals surface area contributed by atoms with Crippen molar-refractivity contribution in [3.63, 3.8) is 0 Å². The molecule has 178 valence electrons. The van der Waals surface area contributed by atoms with Crippen molar-refractivity contribution in [2.45, 2.75) is 64.4 Å². The van der Waals surface area contributed by atoms with Crippen molar-refractivity contribution in [2.75, 3.05) is 6.61 Å². The number of aromatic nitrogens is 2. The van der Waals surface area contributed by atoms with E-state index in [2.05, 4.69) is 79.9 Å². The van der Waals surface area contributed by atoms with Gasteiger partial charge in [0.2, 0.25) is 0 Å². The molecule has 2 aromatic carbocycles. The highest BCUT2D eigenvalue weighted by Gasteiger charge is 2.40. The van der Waals surface area contributed by atoms with Gasteiger partial charge in [-0.15, -0.1) is 0 Å². The zero-order valence-electron chi connectivity index (χ0n) is 20.3. The number of nitrogens with two attached hydrogens (primary N) is 1. The van der Waals surface area contributed by atoms with Crippen molar-refractivity contribution >= 4 is 40.9 Å². The van der Waals surface area contributed by atoms with Crippen LogP contribution in [0.15, 0.2) is 53.4 Å². The third kappa shape index (κ3) is 6.25. The molecule has 3 rings (SSSR count). The highest BCUT2D eigenvalue weighted by Crippen LogP contribution is 2.39. The fourth-order valence-electron chi connectivity index (χ4n) is 3.57. The van der Waals surface area contributed by atoms with E-state index < -0.39 is 14.2 Å². The number of rotatable bonds is 9. The van der Waals surface area contributed by atoms with Gasteiger partial charge in [-0.1, -0.05) is 48.8 Å². The lowest BCUT2D eigenvalue weighted by molar-refractivity contribution is 0.0994. The molecule has 0 aliphatic heterocycles. The van der Waals surface area contributed by atoms with Gasteiger partial charge in [0.1, 0.15) is 11.4 Å². The Morgan fingerprint density at radius 2 is 1.88 bits per heavy atom. The fourth-order valence-corrected chi connectivity index (χ4v) is 5.39. The van der Waals surface area contributed by atoms with Crippen molar-refractivity contribution in [1.82, 2.24) is 9.55 Å². The molecule has 0 bridgehead atoms. The molecule has 6 nitrogen and oxygen atoms in total. The van der Waals surface area contributed by atoms with Crippen LogP contribution in [0.5, 0.6) is 5.75 Å². The summed E-state index contributed by atoms with van der Waals surface area (Å²) < 4.78 is 15.8. The summed E-state index contributed by atoms with van der Waals surface area (Å²) in [6.07, 6.45) is 3.97. The van der Waals surface area contributed by atoms with Crippen molar-refractivity contribution < 1.29 is 14.0 Å². The number of nitrogens with zero attached hydrogens (tertiary/aromatic N) is 2. The van der Waals surface area contributed by atoms with Crippen LogP contribution in [0.3, 0.4) is 0 Å². The lowest BCUT2D eigenvalue weighted by atomic mass is 10.1. The van der Waals surface area contributed by atoms with E-state index in [1.165, 1.54) is 0 Å². The number of halogens is 1. The molecule has 0 fully saturated rings. The van der Waals surface area contributed by atoms with E-state index >= 15 is 0 Å². The molecule has 0 aliphatic rings. The second-order valence-corrected chi connectivity index (χ2v) is 15.7. The topological polar surface area (TPSA) is 79.4 Å². The number of amides is 1. The minimum atomic E-state index is -1.99. The van der Waals surface area contributed by atoms with Crippen LogP contribution in [0.25, 0.3) is 10.8 Å². The molecule has 0 aliphatic carbocycles. The summed E-state index contributed by atoms with van der Waals surface area (Å²) in [4.78, 5) is 15.8. The summed E-state index contributed by atoms with van der Waals surface area (Å²) in [6, 6.07) is 12.2. The van der Waals surface area contributed by atoms with Crippen LogP contribution in [-0.2, 0) is 4.43 Å². The van der Waals surface area contributed by atoms with Gasteiger partial charge in [-0.2, -0.15) is 0 Å². The Morgan fingerprint density at radius 1 is 1.18 bits per heavy atom. The standard InChI is InChI=1S/C25H34BrN3O3Si/c1-17(32-33(5,6)25(2,3)4)23(29-15-22(24(27)30)28-16-29)11-12-31-21-10-8-18-7-9-20(26)13-19(18)14-21/h7-10,13-17,23H,11-12H2,1-6H3,(H2,27,30)/t17-,23+/m0/s1. The van der Waals surface area contributed by atoms with Crippen LogP contribution >= 0.6 is 15.9 Å². The van der Waals surface area contributed by atoms with Crippen molar-refractivity contribution in [2.24, 2.45) is 5.73 Å². The average Bonchev–Trinajstić information content (AvgIpc) is 3.19. The smallest absolute Gasteiger partial charge is 0.268 e. The number of fused-ring (bicyclic) bond motifs is 1. The van der Waals surface area contributed by atoms with Crippen molar-refractivity contribution in [3.8, 4) is 5.75 Å². The Hall–Kier alpha value is -2.16. The summed E-state index contributed by atoms with van der Waals surface area (Å²) >= 11 is 3.53. The van der Waals surface area contributed by atoms with Gasteiger partial charge in [0.25, 0.3) is 5.91 Å². The van der Waals surface area contributed by atoms with Gasteiger partial charge in [0, 0.05) is 17.1 Å². The SMILES string of the molecule is C[C@H](O[Si](C)(C)C(C)(C)C)[C@@H](CCOc1ccc2ccc(Br)cc2c1)n1cnc(C(N)=O)c1. The molecule has 8 heteroatoms. The first-order chi connectivity index (χ1) is 15.4. The molecule has 0 radical (unpaired) electrons. The van der Waals surface area contributed by atoms with Crippen molar-refractivity contribution in [3.05, 3.63) is 59.1 Å².